The van der Waals surface area contributed by atoms with Gasteiger partial charge in [0.15, 0.2) is 5.71 Å². The van der Waals surface area contributed by atoms with Gasteiger partial charge in [0.2, 0.25) is 0 Å². The Morgan fingerprint density at radius 1 is 1.47 bits per heavy atom. The zero-order chi connectivity index (χ0) is 11.3. The number of aryl methyl sites for hydroxylation is 1. The summed E-state index contributed by atoms with van der Waals surface area (Å²) in [7, 11) is 2.66. The van der Waals surface area contributed by atoms with E-state index in [4.69, 9.17) is 0 Å². The SMILES string of the molecule is CON=C(C(=O)OC)c1cccnc1C. The molecule has 80 valence electrons. The topological polar surface area (TPSA) is 60.8 Å². The molecule has 1 heterocycles. The summed E-state index contributed by atoms with van der Waals surface area (Å²) in [5, 5.41) is 3.63. The Hall–Kier alpha value is -1.91. The number of esters is 1. The maximum Gasteiger partial charge on any atom is 0.360 e. The molecule has 1 rings (SSSR count). The number of oxime groups is 1. The van der Waals surface area contributed by atoms with Crippen molar-refractivity contribution in [3.05, 3.63) is 29.6 Å². The third-order valence-electron chi connectivity index (χ3n) is 1.82. The van der Waals surface area contributed by atoms with Crippen molar-refractivity contribution in [2.45, 2.75) is 6.92 Å². The maximum atomic E-state index is 11.4. The fourth-order valence-corrected chi connectivity index (χ4v) is 1.12. The molecule has 0 atom stereocenters. The van der Waals surface area contributed by atoms with Gasteiger partial charge in [0.05, 0.1) is 7.11 Å². The summed E-state index contributed by atoms with van der Waals surface area (Å²) in [6.07, 6.45) is 1.64. The summed E-state index contributed by atoms with van der Waals surface area (Å²) in [6, 6.07) is 3.45. The van der Waals surface area contributed by atoms with E-state index >= 15 is 0 Å². The summed E-state index contributed by atoms with van der Waals surface area (Å²) in [5.41, 5.74) is 1.41. The number of carbonyl (C=O) groups excluding carboxylic acids is 1. The van der Waals surface area contributed by atoms with Crippen molar-refractivity contribution < 1.29 is 14.4 Å². The summed E-state index contributed by atoms with van der Waals surface area (Å²) < 4.78 is 4.60. The lowest BCUT2D eigenvalue weighted by Crippen LogP contribution is -2.19. The Kier molecular flexibility index (Phi) is 3.79. The second-order valence-electron chi connectivity index (χ2n) is 2.75. The maximum absolute atomic E-state index is 11.4. The summed E-state index contributed by atoms with van der Waals surface area (Å²) >= 11 is 0. The van der Waals surface area contributed by atoms with Gasteiger partial charge >= 0.3 is 5.97 Å². The molecule has 15 heavy (non-hydrogen) atoms. The lowest BCUT2D eigenvalue weighted by molar-refractivity contribution is -0.132. The van der Waals surface area contributed by atoms with Gasteiger partial charge in [-0.1, -0.05) is 5.16 Å². The van der Waals surface area contributed by atoms with Crippen LogP contribution in [0.2, 0.25) is 0 Å². The van der Waals surface area contributed by atoms with Crippen LogP contribution in [0.3, 0.4) is 0 Å². The van der Waals surface area contributed by atoms with Crippen molar-refractivity contribution in [1.82, 2.24) is 4.98 Å². The molecule has 0 amide bonds. The number of hydrogen-bond donors (Lipinski definition) is 0. The van der Waals surface area contributed by atoms with Crippen molar-refractivity contribution in [2.24, 2.45) is 5.16 Å². The first-order valence-corrected chi connectivity index (χ1v) is 4.32. The molecule has 0 aliphatic heterocycles. The van der Waals surface area contributed by atoms with Crippen LogP contribution in [0.25, 0.3) is 0 Å². The van der Waals surface area contributed by atoms with Crippen LogP contribution in [-0.4, -0.2) is 30.9 Å². The van der Waals surface area contributed by atoms with Gasteiger partial charge in [0, 0.05) is 17.5 Å². The van der Waals surface area contributed by atoms with E-state index in [1.54, 1.807) is 25.3 Å². The number of pyridine rings is 1. The molecular weight excluding hydrogens is 196 g/mol. The van der Waals surface area contributed by atoms with Crippen LogP contribution in [0.1, 0.15) is 11.3 Å². The molecule has 5 nitrogen and oxygen atoms in total. The molecule has 0 N–H and O–H groups in total. The van der Waals surface area contributed by atoms with Crippen LogP contribution in [0.15, 0.2) is 23.5 Å². The second-order valence-corrected chi connectivity index (χ2v) is 2.75. The van der Waals surface area contributed by atoms with E-state index in [2.05, 4.69) is 19.7 Å². The number of rotatable bonds is 3. The van der Waals surface area contributed by atoms with Crippen LogP contribution in [-0.2, 0) is 14.4 Å². The Balaban J connectivity index is 3.17. The van der Waals surface area contributed by atoms with Crippen LogP contribution >= 0.6 is 0 Å². The van der Waals surface area contributed by atoms with Crippen molar-refractivity contribution >= 4 is 11.7 Å². The normalized spacial score (nSPS) is 11.0. The number of ether oxygens (including phenoxy) is 1. The van der Waals surface area contributed by atoms with Crippen LogP contribution < -0.4 is 0 Å². The van der Waals surface area contributed by atoms with Gasteiger partial charge in [-0.05, 0) is 19.1 Å². The molecule has 0 fully saturated rings. The summed E-state index contributed by atoms with van der Waals surface area (Å²) in [5.74, 6) is -0.548. The monoisotopic (exact) mass is 208 g/mol. The number of hydrogen-bond acceptors (Lipinski definition) is 5. The highest BCUT2D eigenvalue weighted by molar-refractivity contribution is 6.43. The highest BCUT2D eigenvalue weighted by atomic mass is 16.6. The first-order chi connectivity index (χ1) is 7.20. The molecular formula is C10H12N2O3. The molecule has 5 heteroatoms. The number of nitrogens with zero attached hydrogens (tertiary/aromatic N) is 2. The largest absolute Gasteiger partial charge is 0.464 e. The minimum absolute atomic E-state index is 0.116. The first kappa shape index (κ1) is 11.2. The van der Waals surface area contributed by atoms with Crippen molar-refractivity contribution in [2.75, 3.05) is 14.2 Å². The molecule has 1 aromatic rings. The van der Waals surface area contributed by atoms with Gasteiger partial charge in [-0.2, -0.15) is 0 Å². The average Bonchev–Trinajstić information content (AvgIpc) is 2.26. The van der Waals surface area contributed by atoms with E-state index in [-0.39, 0.29) is 5.71 Å². The lowest BCUT2D eigenvalue weighted by atomic mass is 10.1. The summed E-state index contributed by atoms with van der Waals surface area (Å²) in [4.78, 5) is 20.0. The smallest absolute Gasteiger partial charge is 0.360 e. The van der Waals surface area contributed by atoms with E-state index in [1.807, 2.05) is 0 Å². The molecule has 1 aromatic heterocycles. The first-order valence-electron chi connectivity index (χ1n) is 4.32. The lowest BCUT2D eigenvalue weighted by Gasteiger charge is -2.05. The molecule has 0 radical (unpaired) electrons. The average molecular weight is 208 g/mol. The predicted molar refractivity (Wildman–Crippen MR) is 54.5 cm³/mol. The van der Waals surface area contributed by atoms with E-state index in [0.717, 1.165) is 0 Å². The van der Waals surface area contributed by atoms with Crippen molar-refractivity contribution in [1.29, 1.82) is 0 Å². The van der Waals surface area contributed by atoms with Crippen molar-refractivity contribution in [3.8, 4) is 0 Å². The molecule has 0 spiro atoms. The molecule has 0 saturated heterocycles. The molecule has 0 aliphatic carbocycles. The van der Waals surface area contributed by atoms with Crippen LogP contribution in [0, 0.1) is 6.92 Å². The van der Waals surface area contributed by atoms with Gasteiger partial charge in [0.1, 0.15) is 7.11 Å². The van der Waals surface area contributed by atoms with Crippen LogP contribution in [0.4, 0.5) is 0 Å². The Bertz CT molecular complexity index is 388. The zero-order valence-electron chi connectivity index (χ0n) is 8.85. The minimum atomic E-state index is -0.548. The predicted octanol–water partition coefficient (Wildman–Crippen LogP) is 0.914. The van der Waals surface area contributed by atoms with E-state index in [9.17, 15) is 4.79 Å². The Morgan fingerprint density at radius 3 is 2.73 bits per heavy atom. The molecule has 0 bridgehead atoms. The second kappa shape index (κ2) is 5.09. The summed E-state index contributed by atoms with van der Waals surface area (Å²) in [6.45, 7) is 1.78. The molecule has 0 unspecified atom stereocenters. The quantitative estimate of drug-likeness (QED) is 0.421. The van der Waals surface area contributed by atoms with Gasteiger partial charge in [0.25, 0.3) is 0 Å². The van der Waals surface area contributed by atoms with Gasteiger partial charge in [-0.15, -0.1) is 0 Å². The third-order valence-corrected chi connectivity index (χ3v) is 1.82. The Labute approximate surface area is 87.7 Å². The van der Waals surface area contributed by atoms with Crippen molar-refractivity contribution in [3.63, 3.8) is 0 Å². The van der Waals surface area contributed by atoms with E-state index < -0.39 is 5.97 Å². The highest BCUT2D eigenvalue weighted by Gasteiger charge is 2.17. The molecule has 0 saturated carbocycles. The van der Waals surface area contributed by atoms with E-state index in [0.29, 0.717) is 11.3 Å². The third kappa shape index (κ3) is 2.52. The minimum Gasteiger partial charge on any atom is -0.464 e. The van der Waals surface area contributed by atoms with Gasteiger partial charge in [-0.25, -0.2) is 4.79 Å². The molecule has 0 aromatic carbocycles. The number of methoxy groups -OCH3 is 1. The number of aromatic nitrogens is 1. The van der Waals surface area contributed by atoms with Gasteiger partial charge < -0.3 is 9.57 Å². The fourth-order valence-electron chi connectivity index (χ4n) is 1.12. The standard InChI is InChI=1S/C10H12N2O3/c1-7-8(5-4-6-11-7)9(12-15-3)10(13)14-2/h4-6H,1-3H3. The molecule has 0 aliphatic rings. The number of carbonyl (C=O) groups is 1. The fraction of sp³-hybridized carbons (Fsp3) is 0.300. The van der Waals surface area contributed by atoms with Crippen LogP contribution in [0.5, 0.6) is 0 Å². The Morgan fingerprint density at radius 2 is 2.20 bits per heavy atom. The van der Waals surface area contributed by atoms with Gasteiger partial charge in [-0.3, -0.25) is 4.98 Å². The highest BCUT2D eigenvalue weighted by Crippen LogP contribution is 2.07. The van der Waals surface area contributed by atoms with E-state index in [1.165, 1.54) is 14.2 Å². The zero-order valence-corrected chi connectivity index (χ0v) is 8.85.